The molecule has 1 saturated carbocycles. The smallest absolute Gasteiger partial charge is 0.190 e. The second-order valence-electron chi connectivity index (χ2n) is 5.37. The summed E-state index contributed by atoms with van der Waals surface area (Å²) in [4.78, 5) is 8.42. The molecule has 2 aromatic rings. The molecule has 0 unspecified atom stereocenters. The standard InChI is InChI=1S/C16H21N3S/c1-3-19(13-6-4-5-11(2)9-13)16-18-15(12-7-8-12)14(10-17)20-16/h4-6,9,12H,3,7-8,10,17H2,1-2H3. The van der Waals surface area contributed by atoms with Crippen molar-refractivity contribution in [3.8, 4) is 0 Å². The zero-order chi connectivity index (χ0) is 14.1. The lowest BCUT2D eigenvalue weighted by molar-refractivity contribution is 0.952. The van der Waals surface area contributed by atoms with Gasteiger partial charge in [0, 0.05) is 29.6 Å². The molecule has 0 spiro atoms. The molecule has 1 aliphatic rings. The van der Waals surface area contributed by atoms with E-state index in [2.05, 4.69) is 43.0 Å². The summed E-state index contributed by atoms with van der Waals surface area (Å²) in [6, 6.07) is 8.59. The quantitative estimate of drug-likeness (QED) is 0.905. The minimum atomic E-state index is 0.606. The molecule has 106 valence electrons. The highest BCUT2D eigenvalue weighted by molar-refractivity contribution is 7.15. The fraction of sp³-hybridized carbons (Fsp3) is 0.438. The molecule has 4 heteroatoms. The number of benzene rings is 1. The van der Waals surface area contributed by atoms with Gasteiger partial charge in [-0.05, 0) is 44.4 Å². The van der Waals surface area contributed by atoms with Crippen LogP contribution in [0.4, 0.5) is 10.8 Å². The Bertz CT molecular complexity index is 602. The largest absolute Gasteiger partial charge is 0.326 e. The Morgan fingerprint density at radius 2 is 2.20 bits per heavy atom. The Morgan fingerprint density at radius 3 is 2.80 bits per heavy atom. The maximum Gasteiger partial charge on any atom is 0.190 e. The van der Waals surface area contributed by atoms with E-state index >= 15 is 0 Å². The normalized spacial score (nSPS) is 14.6. The molecule has 1 aromatic carbocycles. The molecule has 1 heterocycles. The van der Waals surface area contributed by atoms with Gasteiger partial charge in [-0.2, -0.15) is 0 Å². The zero-order valence-electron chi connectivity index (χ0n) is 12.1. The van der Waals surface area contributed by atoms with Gasteiger partial charge in [-0.3, -0.25) is 0 Å². The molecule has 20 heavy (non-hydrogen) atoms. The number of rotatable bonds is 5. The molecule has 0 atom stereocenters. The van der Waals surface area contributed by atoms with Gasteiger partial charge < -0.3 is 10.6 Å². The summed E-state index contributed by atoms with van der Waals surface area (Å²) < 4.78 is 0. The molecule has 0 saturated heterocycles. The van der Waals surface area contributed by atoms with Crippen LogP contribution in [0.5, 0.6) is 0 Å². The first-order valence-electron chi connectivity index (χ1n) is 7.26. The first kappa shape index (κ1) is 13.6. The highest BCUT2D eigenvalue weighted by atomic mass is 32.1. The van der Waals surface area contributed by atoms with E-state index in [0.717, 1.165) is 11.7 Å². The third kappa shape index (κ3) is 2.58. The van der Waals surface area contributed by atoms with Gasteiger partial charge in [0.25, 0.3) is 0 Å². The molecular weight excluding hydrogens is 266 g/mol. The first-order chi connectivity index (χ1) is 9.72. The number of nitrogens with zero attached hydrogens (tertiary/aromatic N) is 2. The number of thiazole rings is 1. The molecule has 1 fully saturated rings. The maximum atomic E-state index is 5.89. The average molecular weight is 287 g/mol. The van der Waals surface area contributed by atoms with Gasteiger partial charge in [-0.25, -0.2) is 4.98 Å². The van der Waals surface area contributed by atoms with Crippen molar-refractivity contribution < 1.29 is 0 Å². The van der Waals surface area contributed by atoms with E-state index < -0.39 is 0 Å². The van der Waals surface area contributed by atoms with Gasteiger partial charge in [-0.1, -0.05) is 23.5 Å². The molecule has 0 radical (unpaired) electrons. The van der Waals surface area contributed by atoms with Crippen LogP contribution in [0.1, 0.15) is 41.8 Å². The summed E-state index contributed by atoms with van der Waals surface area (Å²) in [7, 11) is 0. The van der Waals surface area contributed by atoms with Crippen LogP contribution in [0.15, 0.2) is 24.3 Å². The SMILES string of the molecule is CCN(c1cccc(C)c1)c1nc(C2CC2)c(CN)s1. The lowest BCUT2D eigenvalue weighted by atomic mass is 10.2. The van der Waals surface area contributed by atoms with E-state index in [-0.39, 0.29) is 0 Å². The Labute approximate surface area is 124 Å². The fourth-order valence-corrected chi connectivity index (χ4v) is 3.62. The number of aromatic nitrogens is 1. The van der Waals surface area contributed by atoms with Gasteiger partial charge in [0.2, 0.25) is 0 Å². The molecule has 3 rings (SSSR count). The Morgan fingerprint density at radius 1 is 1.40 bits per heavy atom. The van der Waals surface area contributed by atoms with E-state index in [4.69, 9.17) is 10.7 Å². The van der Waals surface area contributed by atoms with Crippen LogP contribution in [0.3, 0.4) is 0 Å². The van der Waals surface area contributed by atoms with Crippen molar-refractivity contribution in [3.05, 3.63) is 40.4 Å². The predicted octanol–water partition coefficient (Wildman–Crippen LogP) is 3.95. The maximum absolute atomic E-state index is 5.89. The van der Waals surface area contributed by atoms with Gasteiger partial charge in [-0.15, -0.1) is 0 Å². The van der Waals surface area contributed by atoms with Gasteiger partial charge in [0.15, 0.2) is 5.13 Å². The third-order valence-electron chi connectivity index (χ3n) is 3.73. The third-order valence-corrected chi connectivity index (χ3v) is 4.84. The van der Waals surface area contributed by atoms with E-state index in [0.29, 0.717) is 12.5 Å². The van der Waals surface area contributed by atoms with Crippen LogP contribution in [-0.2, 0) is 6.54 Å². The molecule has 1 aromatic heterocycles. The summed E-state index contributed by atoms with van der Waals surface area (Å²) in [6.07, 6.45) is 2.54. The Hall–Kier alpha value is -1.39. The van der Waals surface area contributed by atoms with Crippen molar-refractivity contribution in [2.45, 2.75) is 39.2 Å². The van der Waals surface area contributed by atoms with Gasteiger partial charge in [0.1, 0.15) is 0 Å². The summed E-state index contributed by atoms with van der Waals surface area (Å²) in [6.45, 7) is 5.82. The van der Waals surface area contributed by atoms with Crippen LogP contribution in [-0.4, -0.2) is 11.5 Å². The number of hydrogen-bond acceptors (Lipinski definition) is 4. The summed E-state index contributed by atoms with van der Waals surface area (Å²) >= 11 is 1.75. The second-order valence-corrected chi connectivity index (χ2v) is 6.43. The number of aryl methyl sites for hydroxylation is 1. The summed E-state index contributed by atoms with van der Waals surface area (Å²) in [5.41, 5.74) is 9.63. The minimum absolute atomic E-state index is 0.606. The fourth-order valence-electron chi connectivity index (χ4n) is 2.51. The Balaban J connectivity index is 1.96. The monoisotopic (exact) mass is 287 g/mol. The predicted molar refractivity (Wildman–Crippen MR) is 85.8 cm³/mol. The Kier molecular flexibility index (Phi) is 3.76. The molecular formula is C16H21N3S. The van der Waals surface area contributed by atoms with E-state index in [1.54, 1.807) is 11.3 Å². The second kappa shape index (κ2) is 5.54. The molecule has 3 nitrogen and oxygen atoms in total. The lowest BCUT2D eigenvalue weighted by Crippen LogP contribution is -2.15. The topological polar surface area (TPSA) is 42.2 Å². The number of nitrogens with two attached hydrogens (primary N) is 1. The van der Waals surface area contributed by atoms with Crippen molar-refractivity contribution in [1.29, 1.82) is 0 Å². The number of anilines is 2. The zero-order valence-corrected chi connectivity index (χ0v) is 12.9. The molecule has 0 aliphatic heterocycles. The van der Waals surface area contributed by atoms with Crippen LogP contribution in [0.25, 0.3) is 0 Å². The van der Waals surface area contributed by atoms with Crippen LogP contribution >= 0.6 is 11.3 Å². The van der Waals surface area contributed by atoms with Crippen LogP contribution in [0.2, 0.25) is 0 Å². The van der Waals surface area contributed by atoms with Crippen LogP contribution in [0, 0.1) is 6.92 Å². The summed E-state index contributed by atoms with van der Waals surface area (Å²) in [5.74, 6) is 0.662. The lowest BCUT2D eigenvalue weighted by Gasteiger charge is -2.20. The van der Waals surface area contributed by atoms with Crippen molar-refractivity contribution in [3.63, 3.8) is 0 Å². The highest BCUT2D eigenvalue weighted by Gasteiger charge is 2.30. The van der Waals surface area contributed by atoms with Gasteiger partial charge in [0.05, 0.1) is 5.69 Å². The van der Waals surface area contributed by atoms with E-state index in [1.165, 1.54) is 34.7 Å². The summed E-state index contributed by atoms with van der Waals surface area (Å²) in [5, 5.41) is 1.08. The molecule has 2 N–H and O–H groups in total. The molecule has 0 bridgehead atoms. The highest BCUT2D eigenvalue weighted by Crippen LogP contribution is 2.44. The van der Waals surface area contributed by atoms with Crippen molar-refractivity contribution in [2.24, 2.45) is 5.73 Å². The van der Waals surface area contributed by atoms with Crippen molar-refractivity contribution >= 4 is 22.2 Å². The molecule has 0 amide bonds. The van der Waals surface area contributed by atoms with Crippen molar-refractivity contribution in [1.82, 2.24) is 4.98 Å². The average Bonchev–Trinajstić information content (AvgIpc) is 3.20. The van der Waals surface area contributed by atoms with Gasteiger partial charge >= 0.3 is 0 Å². The van der Waals surface area contributed by atoms with E-state index in [9.17, 15) is 0 Å². The molecule has 1 aliphatic carbocycles. The number of hydrogen-bond donors (Lipinski definition) is 1. The van der Waals surface area contributed by atoms with Crippen molar-refractivity contribution in [2.75, 3.05) is 11.4 Å². The van der Waals surface area contributed by atoms with Crippen LogP contribution < -0.4 is 10.6 Å². The van der Waals surface area contributed by atoms with E-state index in [1.807, 2.05) is 0 Å². The first-order valence-corrected chi connectivity index (χ1v) is 8.08. The minimum Gasteiger partial charge on any atom is -0.326 e.